The Bertz CT molecular complexity index is 506. The summed E-state index contributed by atoms with van der Waals surface area (Å²) in [5.41, 5.74) is 2.32. The number of hydrogen-bond donors (Lipinski definition) is 1. The summed E-state index contributed by atoms with van der Waals surface area (Å²) < 4.78 is 2.79. The molecule has 1 fully saturated rings. The van der Waals surface area contributed by atoms with E-state index in [2.05, 4.69) is 6.08 Å². The van der Waals surface area contributed by atoms with E-state index in [1.54, 1.807) is 14.6 Å². The molecule has 6 heteroatoms. The first-order valence-corrected chi connectivity index (χ1v) is 9.96. The fraction of sp³-hybridized carbons (Fsp3) is 0.250. The summed E-state index contributed by atoms with van der Waals surface area (Å²) in [5.74, 6) is 0.228. The molecule has 0 unspecified atom stereocenters. The molecule has 2 nitrogen and oxygen atoms in total. The van der Waals surface area contributed by atoms with Crippen molar-refractivity contribution in [3.8, 4) is 0 Å². The number of aliphatic hydroxyl groups excluding tert-OH is 1. The molecular formula is C12H12Cl2O2SiZr. The van der Waals surface area contributed by atoms with Crippen molar-refractivity contribution in [1.82, 2.24) is 0 Å². The minimum absolute atomic E-state index is 0. The van der Waals surface area contributed by atoms with Crippen molar-refractivity contribution in [2.45, 2.75) is 10.5 Å². The van der Waals surface area contributed by atoms with E-state index in [0.717, 1.165) is 12.0 Å². The first-order chi connectivity index (χ1) is 7.83. The molecule has 1 N–H and O–H groups in total. The van der Waals surface area contributed by atoms with Gasteiger partial charge in [0.15, 0.2) is 0 Å². The number of aliphatic hydroxyl groups is 1. The molecule has 1 saturated heterocycles. The van der Waals surface area contributed by atoms with Crippen LogP contribution in [0.3, 0.4) is 0 Å². The molecular weight excluding hydrogens is 366 g/mol. The Hall–Kier alpha value is 0.270. The Morgan fingerprint density at radius 1 is 1.28 bits per heavy atom. The second-order valence-electron chi connectivity index (χ2n) is 4.19. The van der Waals surface area contributed by atoms with Crippen LogP contribution in [0.2, 0.25) is 4.13 Å². The third-order valence-corrected chi connectivity index (χ3v) is 9.52. The molecule has 0 saturated carbocycles. The predicted molar refractivity (Wildman–Crippen MR) is 61.3 cm³/mol. The van der Waals surface area contributed by atoms with Crippen LogP contribution >= 0.6 is 0 Å². The molecule has 0 aromatic rings. The molecule has 0 aromatic heterocycles. The number of ketones is 1. The fourth-order valence-electron chi connectivity index (χ4n) is 2.32. The van der Waals surface area contributed by atoms with Gasteiger partial charge in [0.1, 0.15) is 0 Å². The Morgan fingerprint density at radius 3 is 2.78 bits per heavy atom. The summed E-state index contributed by atoms with van der Waals surface area (Å²) in [6.07, 6.45) is 6.64. The molecule has 0 bridgehead atoms. The van der Waals surface area contributed by atoms with Crippen LogP contribution in [0.1, 0.15) is 6.42 Å². The van der Waals surface area contributed by atoms with Gasteiger partial charge in [-0.2, -0.15) is 0 Å². The SMILES string of the molecule is O=C1C=CC=C2[C]([Zr+2][CH2]CCO)=C3[SiH2]C3=C12.[Cl-].[Cl-]. The number of hydrogen-bond acceptors (Lipinski definition) is 2. The number of carbonyl (C=O) groups is 1. The van der Waals surface area contributed by atoms with Gasteiger partial charge >= 0.3 is 109 Å². The van der Waals surface area contributed by atoms with E-state index in [0.29, 0.717) is 6.61 Å². The van der Waals surface area contributed by atoms with E-state index >= 15 is 0 Å². The Morgan fingerprint density at radius 2 is 2.06 bits per heavy atom. The average molecular weight is 378 g/mol. The van der Waals surface area contributed by atoms with Gasteiger partial charge in [-0.3, -0.25) is 0 Å². The summed E-state index contributed by atoms with van der Waals surface area (Å²) in [6.45, 7) is 0.311. The second-order valence-corrected chi connectivity index (χ2v) is 9.29. The maximum absolute atomic E-state index is 11.8. The van der Waals surface area contributed by atoms with Gasteiger partial charge in [0, 0.05) is 0 Å². The first-order valence-electron chi connectivity index (χ1n) is 5.58. The zero-order valence-electron chi connectivity index (χ0n) is 9.67. The molecule has 3 rings (SSSR count). The van der Waals surface area contributed by atoms with Gasteiger partial charge in [0.2, 0.25) is 0 Å². The summed E-state index contributed by atoms with van der Waals surface area (Å²) in [5, 5.41) is 11.9. The quantitative estimate of drug-likeness (QED) is 0.392. The normalized spacial score (nSPS) is 19.8. The van der Waals surface area contributed by atoms with Gasteiger partial charge in [-0.25, -0.2) is 0 Å². The van der Waals surface area contributed by atoms with Crippen LogP contribution in [-0.2, 0) is 28.0 Å². The molecule has 2 aliphatic carbocycles. The molecule has 1 aliphatic heterocycles. The average Bonchev–Trinajstić information content (AvgIpc) is 2.99. The van der Waals surface area contributed by atoms with Crippen LogP contribution in [0.5, 0.6) is 0 Å². The van der Waals surface area contributed by atoms with Crippen molar-refractivity contribution < 1.29 is 58.0 Å². The van der Waals surface area contributed by atoms with Crippen molar-refractivity contribution in [1.29, 1.82) is 0 Å². The van der Waals surface area contributed by atoms with Gasteiger partial charge in [0.25, 0.3) is 0 Å². The maximum atomic E-state index is 11.8. The van der Waals surface area contributed by atoms with Gasteiger partial charge < -0.3 is 24.8 Å². The summed E-state index contributed by atoms with van der Waals surface area (Å²) in [6, 6.07) is 0. The van der Waals surface area contributed by atoms with E-state index in [9.17, 15) is 4.79 Å². The van der Waals surface area contributed by atoms with Crippen LogP contribution in [0.15, 0.2) is 43.0 Å². The standard InChI is InChI=1S/C9H5OSi.C3H7O.2ClH.Zr/c10-6-3-1-2-5-4-7-9(11-7)8(5)6;1-2-3-4;;;/h1-3H,11H2;4H,1-3H2;2*1H;/q;;;;+2/p-2. The Labute approximate surface area is 133 Å². The molecule has 3 aliphatic rings. The smallest absolute Gasteiger partial charge is 1.00 e. The molecule has 0 amide bonds. The minimum Gasteiger partial charge on any atom is -1.00 e. The fourth-order valence-corrected chi connectivity index (χ4v) is 8.99. The van der Waals surface area contributed by atoms with Crippen molar-refractivity contribution in [3.63, 3.8) is 0 Å². The molecule has 94 valence electrons. The zero-order chi connectivity index (χ0) is 11.1. The topological polar surface area (TPSA) is 37.3 Å². The van der Waals surface area contributed by atoms with E-state index < -0.39 is 23.2 Å². The van der Waals surface area contributed by atoms with Crippen molar-refractivity contribution >= 4 is 15.3 Å². The van der Waals surface area contributed by atoms with Crippen molar-refractivity contribution in [3.05, 3.63) is 43.0 Å². The maximum Gasteiger partial charge on any atom is -1.00 e. The van der Waals surface area contributed by atoms with Crippen LogP contribution in [-0.4, -0.2) is 27.0 Å². The van der Waals surface area contributed by atoms with Crippen LogP contribution in [0.25, 0.3) is 0 Å². The van der Waals surface area contributed by atoms with Gasteiger partial charge in [-0.15, -0.1) is 0 Å². The number of fused-ring (bicyclic) bond motifs is 2. The number of carbonyl (C=O) groups excluding carboxylic acids is 1. The van der Waals surface area contributed by atoms with E-state index in [1.165, 1.54) is 14.9 Å². The van der Waals surface area contributed by atoms with Crippen molar-refractivity contribution in [2.24, 2.45) is 0 Å². The molecule has 0 radical (unpaired) electrons. The molecule has 1 heterocycles. The first kappa shape index (κ1) is 16.3. The summed E-state index contributed by atoms with van der Waals surface area (Å²) in [4.78, 5) is 11.8. The van der Waals surface area contributed by atoms with Crippen LogP contribution in [0.4, 0.5) is 0 Å². The summed E-state index contributed by atoms with van der Waals surface area (Å²) in [7, 11) is -0.144. The molecule has 18 heavy (non-hydrogen) atoms. The second kappa shape index (κ2) is 6.62. The van der Waals surface area contributed by atoms with Gasteiger partial charge in [-0.05, 0) is 0 Å². The Balaban J connectivity index is 0.000000810. The largest absolute Gasteiger partial charge is 1.00 e. The molecule has 0 spiro atoms. The van der Waals surface area contributed by atoms with E-state index in [-0.39, 0.29) is 40.1 Å². The third kappa shape index (κ3) is 2.73. The minimum atomic E-state index is -0.548. The number of allylic oxidation sites excluding steroid dienone is 8. The monoisotopic (exact) mass is 376 g/mol. The third-order valence-electron chi connectivity index (χ3n) is 3.13. The van der Waals surface area contributed by atoms with Crippen molar-refractivity contribution in [2.75, 3.05) is 6.61 Å². The predicted octanol–water partition coefficient (Wildman–Crippen LogP) is -5.40. The van der Waals surface area contributed by atoms with Crippen LogP contribution < -0.4 is 24.8 Å². The van der Waals surface area contributed by atoms with E-state index in [1.807, 2.05) is 6.08 Å². The van der Waals surface area contributed by atoms with Gasteiger partial charge in [0.05, 0.1) is 0 Å². The molecule has 0 aromatic carbocycles. The van der Waals surface area contributed by atoms with E-state index in [4.69, 9.17) is 5.11 Å². The summed E-state index contributed by atoms with van der Waals surface area (Å²) >= 11 is -0.548. The number of halogens is 2. The zero-order valence-corrected chi connectivity index (χ0v) is 15.1. The Kier molecular flexibility index (Phi) is 6.01. The van der Waals surface area contributed by atoms with Crippen LogP contribution in [0, 0.1) is 0 Å². The van der Waals surface area contributed by atoms with Gasteiger partial charge in [-0.1, -0.05) is 0 Å². The number of rotatable bonds is 4. The molecule has 0 atom stereocenters.